The number of aromatic nitrogens is 2. The van der Waals surface area contributed by atoms with E-state index < -0.39 is 0 Å². The zero-order chi connectivity index (χ0) is 14.8. The summed E-state index contributed by atoms with van der Waals surface area (Å²) in [4.78, 5) is 0. The number of aryl methyl sites for hydroxylation is 2. The first-order valence-corrected chi connectivity index (χ1v) is 7.56. The molecule has 0 amide bonds. The highest BCUT2D eigenvalue weighted by Gasteiger charge is 2.20. The Labute approximate surface area is 126 Å². The predicted molar refractivity (Wildman–Crippen MR) is 83.2 cm³/mol. The van der Waals surface area contributed by atoms with Gasteiger partial charge in [0.15, 0.2) is 0 Å². The van der Waals surface area contributed by atoms with Crippen LogP contribution in [0.1, 0.15) is 34.2 Å². The molecular formula is C17H23N3O. The molecule has 4 nitrogen and oxygen atoms in total. The van der Waals surface area contributed by atoms with Gasteiger partial charge in [-0.25, -0.2) is 0 Å². The van der Waals surface area contributed by atoms with E-state index in [-0.39, 0.29) is 6.10 Å². The molecule has 3 rings (SSSR count). The van der Waals surface area contributed by atoms with Crippen molar-refractivity contribution in [3.8, 4) is 0 Å². The summed E-state index contributed by atoms with van der Waals surface area (Å²) in [5.74, 6) is 0. The summed E-state index contributed by atoms with van der Waals surface area (Å²) in [6.07, 6.45) is 1.18. The number of hydrogen-bond donors (Lipinski definition) is 1. The molecule has 0 radical (unpaired) electrons. The molecule has 1 unspecified atom stereocenters. The first kappa shape index (κ1) is 14.3. The van der Waals surface area contributed by atoms with E-state index in [1.54, 1.807) is 0 Å². The minimum Gasteiger partial charge on any atom is -0.372 e. The molecule has 1 aliphatic rings. The summed E-state index contributed by atoms with van der Waals surface area (Å²) in [6.45, 7) is 6.67. The standard InChI is InChI=1S/C17H23N3O/c1-12-16(13(2)20(3)19-12)10-18-11-17-15-7-5-4-6-14(15)8-9-21-17/h4-7,17-18H,8-11H2,1-3H3. The van der Waals surface area contributed by atoms with Crippen LogP contribution in [0.2, 0.25) is 0 Å². The predicted octanol–water partition coefficient (Wildman–Crippen LogP) is 2.44. The highest BCUT2D eigenvalue weighted by molar-refractivity contribution is 5.31. The van der Waals surface area contributed by atoms with Gasteiger partial charge in [-0.3, -0.25) is 4.68 Å². The largest absolute Gasteiger partial charge is 0.372 e. The first-order chi connectivity index (χ1) is 10.2. The van der Waals surface area contributed by atoms with E-state index in [0.717, 1.165) is 31.8 Å². The summed E-state index contributed by atoms with van der Waals surface area (Å²) in [5.41, 5.74) is 6.37. The summed E-state index contributed by atoms with van der Waals surface area (Å²) >= 11 is 0. The van der Waals surface area contributed by atoms with Gasteiger partial charge in [-0.15, -0.1) is 0 Å². The van der Waals surface area contributed by atoms with E-state index in [1.807, 2.05) is 11.7 Å². The molecule has 1 atom stereocenters. The molecule has 1 aromatic carbocycles. The number of nitrogens with one attached hydrogen (secondary N) is 1. The van der Waals surface area contributed by atoms with E-state index in [9.17, 15) is 0 Å². The number of benzene rings is 1. The van der Waals surface area contributed by atoms with Crippen molar-refractivity contribution in [3.05, 3.63) is 52.3 Å². The molecular weight excluding hydrogens is 262 g/mol. The minimum atomic E-state index is 0.159. The van der Waals surface area contributed by atoms with Crippen molar-refractivity contribution in [3.63, 3.8) is 0 Å². The lowest BCUT2D eigenvalue weighted by Crippen LogP contribution is -2.27. The number of rotatable bonds is 4. The Bertz CT molecular complexity index is 633. The van der Waals surface area contributed by atoms with Crippen molar-refractivity contribution in [2.45, 2.75) is 32.9 Å². The van der Waals surface area contributed by atoms with Crippen LogP contribution in [0.3, 0.4) is 0 Å². The molecule has 1 aromatic heterocycles. The first-order valence-electron chi connectivity index (χ1n) is 7.56. The van der Waals surface area contributed by atoms with E-state index in [4.69, 9.17) is 4.74 Å². The maximum absolute atomic E-state index is 5.92. The van der Waals surface area contributed by atoms with Crippen LogP contribution in [-0.4, -0.2) is 22.9 Å². The maximum atomic E-state index is 5.92. The van der Waals surface area contributed by atoms with Gasteiger partial charge in [0.25, 0.3) is 0 Å². The second-order valence-electron chi connectivity index (χ2n) is 5.71. The van der Waals surface area contributed by atoms with Crippen LogP contribution in [0.25, 0.3) is 0 Å². The van der Waals surface area contributed by atoms with E-state index in [2.05, 4.69) is 48.5 Å². The van der Waals surface area contributed by atoms with Gasteiger partial charge < -0.3 is 10.1 Å². The van der Waals surface area contributed by atoms with Gasteiger partial charge in [0, 0.05) is 31.4 Å². The molecule has 4 heteroatoms. The lowest BCUT2D eigenvalue weighted by molar-refractivity contribution is 0.0423. The van der Waals surface area contributed by atoms with Gasteiger partial charge in [-0.05, 0) is 31.4 Å². The molecule has 0 spiro atoms. The third-order valence-corrected chi connectivity index (χ3v) is 4.38. The molecule has 2 aromatic rings. The summed E-state index contributed by atoms with van der Waals surface area (Å²) in [6, 6.07) is 8.59. The second kappa shape index (κ2) is 6.00. The van der Waals surface area contributed by atoms with Crippen molar-refractivity contribution in [2.24, 2.45) is 7.05 Å². The Kier molecular flexibility index (Phi) is 4.08. The fourth-order valence-corrected chi connectivity index (χ4v) is 3.05. The Morgan fingerprint density at radius 3 is 2.90 bits per heavy atom. The van der Waals surface area contributed by atoms with E-state index in [1.165, 1.54) is 22.4 Å². The van der Waals surface area contributed by atoms with Gasteiger partial charge in [0.05, 0.1) is 18.4 Å². The molecule has 0 bridgehead atoms. The van der Waals surface area contributed by atoms with Crippen LogP contribution in [0.15, 0.2) is 24.3 Å². The highest BCUT2D eigenvalue weighted by Crippen LogP contribution is 2.26. The van der Waals surface area contributed by atoms with E-state index >= 15 is 0 Å². The Morgan fingerprint density at radius 1 is 1.33 bits per heavy atom. The van der Waals surface area contributed by atoms with Crippen LogP contribution in [0, 0.1) is 13.8 Å². The van der Waals surface area contributed by atoms with E-state index in [0.29, 0.717) is 0 Å². The van der Waals surface area contributed by atoms with Gasteiger partial charge in [-0.1, -0.05) is 24.3 Å². The number of nitrogens with zero attached hydrogens (tertiary/aromatic N) is 2. The van der Waals surface area contributed by atoms with Crippen molar-refractivity contribution in [1.82, 2.24) is 15.1 Å². The molecule has 112 valence electrons. The van der Waals surface area contributed by atoms with Crippen molar-refractivity contribution >= 4 is 0 Å². The van der Waals surface area contributed by atoms with Crippen molar-refractivity contribution < 1.29 is 4.74 Å². The Hall–Kier alpha value is -1.65. The highest BCUT2D eigenvalue weighted by atomic mass is 16.5. The summed E-state index contributed by atoms with van der Waals surface area (Å²) in [5, 5.41) is 7.99. The SMILES string of the molecule is Cc1nn(C)c(C)c1CNCC1OCCc2ccccc21. The van der Waals surface area contributed by atoms with Crippen LogP contribution in [0.4, 0.5) is 0 Å². The van der Waals surface area contributed by atoms with Crippen LogP contribution in [0.5, 0.6) is 0 Å². The molecule has 0 aliphatic carbocycles. The topological polar surface area (TPSA) is 39.1 Å². The fourth-order valence-electron chi connectivity index (χ4n) is 3.05. The summed E-state index contributed by atoms with van der Waals surface area (Å²) < 4.78 is 7.87. The Balaban J connectivity index is 1.64. The van der Waals surface area contributed by atoms with Crippen LogP contribution < -0.4 is 5.32 Å². The molecule has 21 heavy (non-hydrogen) atoms. The normalized spacial score (nSPS) is 17.8. The van der Waals surface area contributed by atoms with Crippen LogP contribution in [-0.2, 0) is 24.8 Å². The van der Waals surface area contributed by atoms with Crippen LogP contribution >= 0.6 is 0 Å². The quantitative estimate of drug-likeness (QED) is 0.938. The monoisotopic (exact) mass is 285 g/mol. The Morgan fingerprint density at radius 2 is 2.14 bits per heavy atom. The van der Waals surface area contributed by atoms with Gasteiger partial charge >= 0.3 is 0 Å². The molecule has 1 N–H and O–H groups in total. The lowest BCUT2D eigenvalue weighted by atomic mass is 9.97. The van der Waals surface area contributed by atoms with Crippen molar-refractivity contribution in [2.75, 3.05) is 13.2 Å². The smallest absolute Gasteiger partial charge is 0.0952 e. The lowest BCUT2D eigenvalue weighted by Gasteiger charge is -2.26. The number of hydrogen-bond acceptors (Lipinski definition) is 3. The van der Waals surface area contributed by atoms with Crippen molar-refractivity contribution in [1.29, 1.82) is 0 Å². The summed E-state index contributed by atoms with van der Waals surface area (Å²) in [7, 11) is 1.99. The second-order valence-corrected chi connectivity index (χ2v) is 5.71. The molecule has 1 aliphatic heterocycles. The third-order valence-electron chi connectivity index (χ3n) is 4.38. The maximum Gasteiger partial charge on any atom is 0.0952 e. The minimum absolute atomic E-state index is 0.159. The zero-order valence-corrected chi connectivity index (χ0v) is 13.0. The van der Waals surface area contributed by atoms with Gasteiger partial charge in [0.1, 0.15) is 0 Å². The number of ether oxygens (including phenoxy) is 1. The fraction of sp³-hybridized carbons (Fsp3) is 0.471. The molecule has 2 heterocycles. The molecule has 0 fully saturated rings. The molecule has 0 saturated heterocycles. The third kappa shape index (κ3) is 2.87. The molecule has 0 saturated carbocycles. The van der Waals surface area contributed by atoms with Gasteiger partial charge in [0.2, 0.25) is 0 Å². The zero-order valence-electron chi connectivity index (χ0n) is 13.0. The number of fused-ring (bicyclic) bond motifs is 1. The average Bonchev–Trinajstić information content (AvgIpc) is 2.73. The average molecular weight is 285 g/mol. The van der Waals surface area contributed by atoms with Gasteiger partial charge in [-0.2, -0.15) is 5.10 Å².